The first-order valence-electron chi connectivity index (χ1n) is 0. The van der Waals surface area contributed by atoms with E-state index in [9.17, 15) is 0 Å². The Morgan fingerprint density at radius 2 is 0.333 bits per heavy atom. The summed E-state index contributed by atoms with van der Waals surface area (Å²) in [6, 6.07) is 0. The predicted molar refractivity (Wildman–Crippen MR) is 5.75 cm³/mol. The third-order valence-corrected chi connectivity index (χ3v) is 0. The van der Waals surface area contributed by atoms with Gasteiger partial charge in [-0.1, -0.05) is 0 Å². The fraction of sp³-hybridized carbons (Fsp3) is 0. The number of rotatable bonds is 0. The molecule has 6 heavy (non-hydrogen) atoms. The molecule has 0 bridgehead atoms. The van der Waals surface area contributed by atoms with Crippen molar-refractivity contribution in [2.75, 3.05) is 0 Å². The first kappa shape index (κ1) is 46.6. The van der Waals surface area contributed by atoms with Crippen molar-refractivity contribution in [2.24, 2.45) is 0 Å². The molecule has 0 aromatic carbocycles. The number of hydrogen-bond acceptors (Lipinski definition) is 0. The van der Waals surface area contributed by atoms with Gasteiger partial charge in [-0.3, -0.25) is 0 Å². The fourth-order valence-corrected chi connectivity index (χ4v) is 0. The molecule has 0 saturated heterocycles. The van der Waals surface area contributed by atoms with Crippen molar-refractivity contribution < 1.29 is 120 Å². The summed E-state index contributed by atoms with van der Waals surface area (Å²) < 4.78 is 0. The maximum Gasteiger partial charge on any atom is 5.00 e. The van der Waals surface area contributed by atoms with Crippen LogP contribution in [0.1, 0.15) is 0 Å². The van der Waals surface area contributed by atoms with E-state index < -0.39 is 0 Å². The van der Waals surface area contributed by atoms with E-state index in [1.54, 1.807) is 0 Å². The van der Waals surface area contributed by atoms with Crippen LogP contribution in [0, 0.1) is 0 Å². The summed E-state index contributed by atoms with van der Waals surface area (Å²) in [6.07, 6.45) is 0. The van der Waals surface area contributed by atoms with Crippen molar-refractivity contribution in [3.05, 3.63) is 0 Å². The first-order chi connectivity index (χ1) is 0. The second kappa shape index (κ2) is 33.8. The van der Waals surface area contributed by atoms with Crippen molar-refractivity contribution >= 4 is 26.2 Å². The van der Waals surface area contributed by atoms with Crippen molar-refractivity contribution in [3.8, 4) is 0 Å². The smallest absolute Gasteiger partial charge is 1.00 e. The second-order valence-electron chi connectivity index (χ2n) is 0. The van der Waals surface area contributed by atoms with Crippen LogP contribution < -0.4 is 120 Å². The monoisotopic (exact) mass is 844 g/mol. The molecule has 0 aliphatic rings. The Bertz CT molecular complexity index is 3.90. The van der Waals surface area contributed by atoms with Gasteiger partial charge in [0.05, 0.1) is 0 Å². The second-order valence-corrected chi connectivity index (χ2v) is 0. The summed E-state index contributed by atoms with van der Waals surface area (Å²) in [5.74, 6) is 0. The van der Waals surface area contributed by atoms with Gasteiger partial charge in [0.15, 0.2) is 0 Å². The van der Waals surface area contributed by atoms with E-state index in [0.29, 0.717) is 0 Å². The first-order valence-corrected chi connectivity index (χ1v) is 0. The van der Waals surface area contributed by atoms with E-state index in [1.165, 1.54) is 0 Å². The van der Waals surface area contributed by atoms with Gasteiger partial charge in [0.1, 0.15) is 0 Å². The van der Waals surface area contributed by atoms with E-state index >= 15 is 0 Å². The van der Waals surface area contributed by atoms with Gasteiger partial charge in [0.2, 0.25) is 0 Å². The van der Waals surface area contributed by atoms with E-state index in [0.717, 1.165) is 0 Å². The zero-order valence-corrected chi connectivity index (χ0v) is 16.6. The molecule has 0 aliphatic carbocycles. The molecule has 0 rings (SSSR count). The third-order valence-electron chi connectivity index (χ3n) is 0. The van der Waals surface area contributed by atoms with Crippen LogP contribution in [0.3, 0.4) is 0 Å². The SMILES string of the molecule is [Bi+5].[I-].[I-].[I-].[I-].[I-]. The van der Waals surface area contributed by atoms with Gasteiger partial charge in [-0.2, -0.15) is 0 Å². The van der Waals surface area contributed by atoms with Crippen LogP contribution in [0.5, 0.6) is 0 Å². The molecule has 0 unspecified atom stereocenters. The zero-order valence-electron chi connectivity index (χ0n) is 2.34. The molecule has 0 saturated carbocycles. The zero-order chi connectivity index (χ0) is 0. The van der Waals surface area contributed by atoms with Crippen LogP contribution >= 0.6 is 0 Å². The van der Waals surface area contributed by atoms with Crippen LogP contribution in [-0.4, -0.2) is 26.2 Å². The average molecular weight is 844 g/mol. The number of hydrogen-bond donors (Lipinski definition) is 0. The van der Waals surface area contributed by atoms with Crippen molar-refractivity contribution in [2.45, 2.75) is 0 Å². The normalized spacial score (nSPS) is 0. The average Bonchev–Trinajstić information content (AvgIpc) is 0. The minimum atomic E-state index is 0. The van der Waals surface area contributed by atoms with Gasteiger partial charge in [-0.25, -0.2) is 0 Å². The molecule has 0 atom stereocenters. The summed E-state index contributed by atoms with van der Waals surface area (Å²) in [5.41, 5.74) is 0. The molecule has 0 aliphatic heterocycles. The van der Waals surface area contributed by atoms with Crippen LogP contribution in [0.25, 0.3) is 0 Å². The molecule has 0 fully saturated rings. The van der Waals surface area contributed by atoms with Gasteiger partial charge in [0, 0.05) is 0 Å². The third kappa shape index (κ3) is 23.6. The minimum Gasteiger partial charge on any atom is -1.00 e. The van der Waals surface area contributed by atoms with E-state index in [-0.39, 0.29) is 146 Å². The predicted octanol–water partition coefficient (Wildman–Crippen LogP) is -15.4. The summed E-state index contributed by atoms with van der Waals surface area (Å²) in [7, 11) is 0. The molecule has 6 heteroatoms. The Morgan fingerprint density at radius 1 is 0.333 bits per heavy atom. The van der Waals surface area contributed by atoms with Crippen LogP contribution in [0.2, 0.25) is 0 Å². The summed E-state index contributed by atoms with van der Waals surface area (Å²) >= 11 is 0. The maximum absolute atomic E-state index is 0. The molecular weight excluding hydrogens is 844 g/mol. The topological polar surface area (TPSA) is 0 Å². The number of halogens is 5. The molecule has 40 valence electrons. The van der Waals surface area contributed by atoms with Crippen molar-refractivity contribution in [3.63, 3.8) is 0 Å². The van der Waals surface area contributed by atoms with Gasteiger partial charge in [-0.05, 0) is 0 Å². The fourth-order valence-electron chi connectivity index (χ4n) is 0. The Hall–Kier alpha value is 4.53. The van der Waals surface area contributed by atoms with Crippen molar-refractivity contribution in [1.82, 2.24) is 0 Å². The van der Waals surface area contributed by atoms with Crippen LogP contribution in [0.4, 0.5) is 0 Å². The molecule has 0 aromatic rings. The Balaban J connectivity index is 0. The van der Waals surface area contributed by atoms with E-state index in [1.807, 2.05) is 0 Å². The molecule has 0 nitrogen and oxygen atoms in total. The van der Waals surface area contributed by atoms with Crippen molar-refractivity contribution in [1.29, 1.82) is 0 Å². The Kier molecular flexibility index (Phi) is 262. The quantitative estimate of drug-likeness (QED) is 0.168. The van der Waals surface area contributed by atoms with Gasteiger partial charge in [-0.15, -0.1) is 0 Å². The molecule has 0 N–H and O–H groups in total. The Morgan fingerprint density at radius 3 is 0.333 bits per heavy atom. The van der Waals surface area contributed by atoms with Crippen LogP contribution in [0.15, 0.2) is 0 Å². The summed E-state index contributed by atoms with van der Waals surface area (Å²) in [6.45, 7) is 0. The minimum absolute atomic E-state index is 0. The molecule has 0 amide bonds. The largest absolute Gasteiger partial charge is 5.00 e. The van der Waals surface area contributed by atoms with Gasteiger partial charge < -0.3 is 120 Å². The van der Waals surface area contributed by atoms with E-state index in [2.05, 4.69) is 0 Å². The molecule has 0 heterocycles. The van der Waals surface area contributed by atoms with Gasteiger partial charge >= 0.3 is 26.2 Å². The molecule has 0 aromatic heterocycles. The van der Waals surface area contributed by atoms with E-state index in [4.69, 9.17) is 0 Å². The summed E-state index contributed by atoms with van der Waals surface area (Å²) in [5, 5.41) is 0. The maximum atomic E-state index is 0. The summed E-state index contributed by atoms with van der Waals surface area (Å²) in [4.78, 5) is 0. The van der Waals surface area contributed by atoms with Crippen LogP contribution in [-0.2, 0) is 0 Å². The standard InChI is InChI=1S/Bi.5HI/h;5*1H/q+5;;;;;/p-5. The molecular formula is BiI5. The molecule has 0 radical (unpaired) electrons. The Labute approximate surface area is 142 Å². The van der Waals surface area contributed by atoms with Gasteiger partial charge in [0.25, 0.3) is 0 Å². The molecule has 0 spiro atoms.